The Hall–Kier alpha value is -3.48. The highest BCUT2D eigenvalue weighted by Gasteiger charge is 2.23. The van der Waals surface area contributed by atoms with Gasteiger partial charge in [0.25, 0.3) is 0 Å². The van der Waals surface area contributed by atoms with E-state index in [1.165, 1.54) is 0 Å². The number of nitrogens with zero attached hydrogens (tertiary/aromatic N) is 5. The van der Waals surface area contributed by atoms with E-state index in [0.29, 0.717) is 12.3 Å². The molecule has 128 valence electrons. The Morgan fingerprint density at radius 3 is 2.96 bits per heavy atom. The first-order chi connectivity index (χ1) is 12.8. The minimum absolute atomic E-state index is 0.592. The minimum atomic E-state index is 0.592. The van der Waals surface area contributed by atoms with Crippen LogP contribution in [-0.4, -0.2) is 38.1 Å². The normalized spacial score (nSPS) is 13.5. The topological polar surface area (TPSA) is 79.8 Å². The standard InChI is InChI=1S/C19H16N6O/c1-12-3-2-4-13(24-12)14-9-16-17(10-21-14)26-8-7-25(16)15-5-6-20-19-18(15)22-11-23-19/h2-6,9-11H,7-8H2,1H3,(H,20,22,23). The zero-order chi connectivity index (χ0) is 17.5. The monoisotopic (exact) mass is 344 g/mol. The number of imidazole rings is 1. The number of fused-ring (bicyclic) bond motifs is 2. The van der Waals surface area contributed by atoms with Gasteiger partial charge >= 0.3 is 0 Å². The lowest BCUT2D eigenvalue weighted by Crippen LogP contribution is -2.29. The number of pyridine rings is 3. The highest BCUT2D eigenvalue weighted by atomic mass is 16.5. The third-order valence-corrected chi connectivity index (χ3v) is 4.46. The van der Waals surface area contributed by atoms with Gasteiger partial charge in [-0.2, -0.15) is 0 Å². The van der Waals surface area contributed by atoms with Crippen LogP contribution >= 0.6 is 0 Å². The van der Waals surface area contributed by atoms with Gasteiger partial charge in [0.15, 0.2) is 11.4 Å². The molecule has 0 saturated carbocycles. The summed E-state index contributed by atoms with van der Waals surface area (Å²) < 4.78 is 5.82. The van der Waals surface area contributed by atoms with E-state index in [4.69, 9.17) is 4.74 Å². The Balaban J connectivity index is 1.66. The number of hydrogen-bond donors (Lipinski definition) is 1. The molecule has 0 amide bonds. The molecule has 4 aromatic rings. The second-order valence-electron chi connectivity index (χ2n) is 6.13. The molecule has 1 aliphatic heterocycles. The minimum Gasteiger partial charge on any atom is -0.488 e. The molecule has 0 saturated heterocycles. The third kappa shape index (κ3) is 2.36. The van der Waals surface area contributed by atoms with Gasteiger partial charge in [-0.15, -0.1) is 0 Å². The van der Waals surface area contributed by atoms with Crippen LogP contribution in [0.4, 0.5) is 11.4 Å². The molecule has 26 heavy (non-hydrogen) atoms. The van der Waals surface area contributed by atoms with Crippen molar-refractivity contribution in [3.8, 4) is 17.1 Å². The van der Waals surface area contributed by atoms with Crippen LogP contribution in [0, 0.1) is 6.92 Å². The molecule has 5 heterocycles. The molecule has 1 N–H and O–H groups in total. The van der Waals surface area contributed by atoms with Crippen molar-refractivity contribution in [3.05, 3.63) is 54.7 Å². The fourth-order valence-corrected chi connectivity index (χ4v) is 3.26. The van der Waals surface area contributed by atoms with Crippen LogP contribution in [0.1, 0.15) is 5.69 Å². The number of ether oxygens (including phenoxy) is 1. The second-order valence-corrected chi connectivity index (χ2v) is 6.13. The van der Waals surface area contributed by atoms with Crippen molar-refractivity contribution in [1.29, 1.82) is 0 Å². The third-order valence-electron chi connectivity index (χ3n) is 4.46. The number of aromatic nitrogens is 5. The summed E-state index contributed by atoms with van der Waals surface area (Å²) in [6.07, 6.45) is 5.21. The van der Waals surface area contributed by atoms with Crippen LogP contribution in [-0.2, 0) is 0 Å². The smallest absolute Gasteiger partial charge is 0.179 e. The van der Waals surface area contributed by atoms with Gasteiger partial charge in [-0.05, 0) is 31.2 Å². The summed E-state index contributed by atoms with van der Waals surface area (Å²) in [5, 5.41) is 0. The maximum atomic E-state index is 5.82. The van der Waals surface area contributed by atoms with Gasteiger partial charge in [-0.25, -0.2) is 9.97 Å². The average molecular weight is 344 g/mol. The zero-order valence-electron chi connectivity index (χ0n) is 14.2. The van der Waals surface area contributed by atoms with Crippen molar-refractivity contribution in [2.75, 3.05) is 18.1 Å². The molecule has 4 aromatic heterocycles. The Labute approximate surface area is 149 Å². The van der Waals surface area contributed by atoms with Crippen molar-refractivity contribution in [2.24, 2.45) is 0 Å². The fourth-order valence-electron chi connectivity index (χ4n) is 3.26. The first-order valence-corrected chi connectivity index (χ1v) is 8.42. The Kier molecular flexibility index (Phi) is 3.31. The number of anilines is 2. The second kappa shape index (κ2) is 5.80. The summed E-state index contributed by atoms with van der Waals surface area (Å²) in [7, 11) is 0. The molecule has 7 nitrogen and oxygen atoms in total. The van der Waals surface area contributed by atoms with Crippen molar-refractivity contribution in [2.45, 2.75) is 6.92 Å². The summed E-state index contributed by atoms with van der Waals surface area (Å²) in [5.74, 6) is 0.761. The van der Waals surface area contributed by atoms with Gasteiger partial charge in [-0.1, -0.05) is 6.07 Å². The molecular formula is C19H16N6O. The summed E-state index contributed by atoms with van der Waals surface area (Å²) in [6, 6.07) is 9.95. The largest absolute Gasteiger partial charge is 0.488 e. The lowest BCUT2D eigenvalue weighted by Gasteiger charge is -2.31. The van der Waals surface area contributed by atoms with Gasteiger partial charge < -0.3 is 14.6 Å². The molecule has 5 rings (SSSR count). The van der Waals surface area contributed by atoms with Crippen molar-refractivity contribution in [1.82, 2.24) is 24.9 Å². The van der Waals surface area contributed by atoms with Gasteiger partial charge in [0.2, 0.25) is 0 Å². The van der Waals surface area contributed by atoms with Gasteiger partial charge in [0.05, 0.1) is 41.8 Å². The Morgan fingerprint density at radius 1 is 1.08 bits per heavy atom. The van der Waals surface area contributed by atoms with E-state index in [0.717, 1.165) is 46.3 Å². The first-order valence-electron chi connectivity index (χ1n) is 8.42. The quantitative estimate of drug-likeness (QED) is 0.601. The molecule has 1 aliphatic rings. The molecule has 0 spiro atoms. The SMILES string of the molecule is Cc1cccc(-c2cc3c(cn2)OCCN3c2ccnc3nc[nH]c23)n1. The molecule has 0 aliphatic carbocycles. The summed E-state index contributed by atoms with van der Waals surface area (Å²) in [4.78, 5) is 23.1. The van der Waals surface area contributed by atoms with Crippen LogP contribution in [0.25, 0.3) is 22.6 Å². The molecule has 7 heteroatoms. The number of nitrogens with one attached hydrogen (secondary N) is 1. The highest BCUT2D eigenvalue weighted by Crippen LogP contribution is 2.39. The molecule has 0 aromatic carbocycles. The van der Waals surface area contributed by atoms with E-state index in [1.54, 1.807) is 18.7 Å². The summed E-state index contributed by atoms with van der Waals surface area (Å²) in [6.45, 7) is 3.30. The van der Waals surface area contributed by atoms with E-state index >= 15 is 0 Å². The van der Waals surface area contributed by atoms with Crippen LogP contribution in [0.3, 0.4) is 0 Å². The predicted molar refractivity (Wildman–Crippen MR) is 98.6 cm³/mol. The molecular weight excluding hydrogens is 328 g/mol. The molecule has 0 bridgehead atoms. The highest BCUT2D eigenvalue weighted by molar-refractivity contribution is 5.90. The van der Waals surface area contributed by atoms with Crippen LogP contribution in [0.5, 0.6) is 5.75 Å². The maximum absolute atomic E-state index is 5.82. The zero-order valence-corrected chi connectivity index (χ0v) is 14.2. The molecule has 0 radical (unpaired) electrons. The van der Waals surface area contributed by atoms with Crippen LogP contribution < -0.4 is 9.64 Å². The summed E-state index contributed by atoms with van der Waals surface area (Å²) >= 11 is 0. The van der Waals surface area contributed by atoms with E-state index < -0.39 is 0 Å². The van der Waals surface area contributed by atoms with Crippen molar-refractivity contribution >= 4 is 22.5 Å². The molecule has 0 atom stereocenters. The first kappa shape index (κ1) is 14.8. The van der Waals surface area contributed by atoms with Gasteiger partial charge in [-0.3, -0.25) is 9.97 Å². The number of hydrogen-bond acceptors (Lipinski definition) is 6. The fraction of sp³-hybridized carbons (Fsp3) is 0.158. The number of H-pyrrole nitrogens is 1. The molecule has 0 unspecified atom stereocenters. The number of aryl methyl sites for hydroxylation is 1. The van der Waals surface area contributed by atoms with Crippen LogP contribution in [0.15, 0.2) is 49.1 Å². The number of rotatable bonds is 2. The van der Waals surface area contributed by atoms with Crippen molar-refractivity contribution < 1.29 is 4.74 Å². The maximum Gasteiger partial charge on any atom is 0.179 e. The van der Waals surface area contributed by atoms with Gasteiger partial charge in [0, 0.05) is 11.9 Å². The average Bonchev–Trinajstić information content (AvgIpc) is 3.16. The van der Waals surface area contributed by atoms with Crippen molar-refractivity contribution in [3.63, 3.8) is 0 Å². The van der Waals surface area contributed by atoms with E-state index in [-0.39, 0.29) is 0 Å². The van der Waals surface area contributed by atoms with E-state index in [9.17, 15) is 0 Å². The van der Waals surface area contributed by atoms with Gasteiger partial charge in [0.1, 0.15) is 12.1 Å². The van der Waals surface area contributed by atoms with E-state index in [1.807, 2.05) is 37.3 Å². The lowest BCUT2D eigenvalue weighted by molar-refractivity contribution is 0.313. The Morgan fingerprint density at radius 2 is 2.04 bits per heavy atom. The van der Waals surface area contributed by atoms with Crippen LogP contribution in [0.2, 0.25) is 0 Å². The Bertz CT molecular complexity index is 1110. The summed E-state index contributed by atoms with van der Waals surface area (Å²) in [5.41, 5.74) is 6.22. The predicted octanol–water partition coefficient (Wildman–Crippen LogP) is 3.25. The van der Waals surface area contributed by atoms with E-state index in [2.05, 4.69) is 29.8 Å². The molecule has 0 fully saturated rings. The number of aromatic amines is 1. The lowest BCUT2D eigenvalue weighted by atomic mass is 10.1.